The lowest BCUT2D eigenvalue weighted by atomic mass is 10.1. The first-order valence-electron chi connectivity index (χ1n) is 9.25. The first-order chi connectivity index (χ1) is 13.8. The molecule has 0 amide bonds. The molecule has 0 saturated carbocycles. The fraction of sp³-hybridized carbons (Fsp3) is 0.217. The molecule has 0 saturated heterocycles. The van der Waals surface area contributed by atoms with Gasteiger partial charge in [-0.3, -0.25) is 0 Å². The molecule has 1 heterocycles. The first-order valence-corrected chi connectivity index (χ1v) is 9.25. The number of hydrogen-bond donors (Lipinski definition) is 1. The fourth-order valence-corrected chi connectivity index (χ4v) is 3.08. The summed E-state index contributed by atoms with van der Waals surface area (Å²) in [7, 11) is 1.66. The van der Waals surface area contributed by atoms with E-state index < -0.39 is 0 Å². The number of ether oxygens (including phenoxy) is 4. The summed E-state index contributed by atoms with van der Waals surface area (Å²) in [4.78, 5) is 0. The molecule has 152 valence electrons. The average molecular weight is 413 g/mol. The van der Waals surface area contributed by atoms with E-state index in [-0.39, 0.29) is 12.4 Å². The summed E-state index contributed by atoms with van der Waals surface area (Å²) in [6, 6.07) is 22.1. The van der Waals surface area contributed by atoms with E-state index in [4.69, 9.17) is 18.9 Å². The second-order valence-electron chi connectivity index (χ2n) is 6.55. The maximum atomic E-state index is 5.91. The highest BCUT2D eigenvalue weighted by atomic mass is 35.5. The van der Waals surface area contributed by atoms with Crippen molar-refractivity contribution in [1.29, 1.82) is 0 Å². The summed E-state index contributed by atoms with van der Waals surface area (Å²) in [6.07, 6.45) is 0. The molecule has 1 N–H and O–H groups in total. The largest absolute Gasteiger partial charge is 1.00 e. The Morgan fingerprint density at radius 2 is 1.52 bits per heavy atom. The topological polar surface area (TPSA) is 49.0 Å². The Morgan fingerprint density at radius 3 is 2.31 bits per heavy atom. The monoisotopic (exact) mass is 412 g/mol. The molecule has 1 aliphatic rings. The predicted molar refractivity (Wildman–Crippen MR) is 107 cm³/mol. The molecule has 3 aromatic carbocycles. The summed E-state index contributed by atoms with van der Waals surface area (Å²) >= 11 is 0. The highest BCUT2D eigenvalue weighted by Crippen LogP contribution is 2.32. The minimum Gasteiger partial charge on any atom is -1.00 e. The minimum atomic E-state index is 0. The Labute approximate surface area is 177 Å². The van der Waals surface area contributed by atoms with E-state index >= 15 is 0 Å². The lowest BCUT2D eigenvalue weighted by molar-refractivity contribution is -0.00000775. The zero-order valence-corrected chi connectivity index (χ0v) is 16.9. The smallest absolute Gasteiger partial charge is 0.231 e. The Hall–Kier alpha value is -2.89. The lowest BCUT2D eigenvalue weighted by Crippen LogP contribution is -3.00. The van der Waals surface area contributed by atoms with Gasteiger partial charge < -0.3 is 36.7 Å². The van der Waals surface area contributed by atoms with Crippen LogP contribution in [-0.4, -0.2) is 13.9 Å². The fourth-order valence-electron chi connectivity index (χ4n) is 3.08. The lowest BCUT2D eigenvalue weighted by Gasteiger charge is -2.13. The zero-order valence-electron chi connectivity index (χ0n) is 16.2. The predicted octanol–water partition coefficient (Wildman–Crippen LogP) is 1.30. The molecule has 5 nitrogen and oxygen atoms in total. The molecule has 29 heavy (non-hydrogen) atoms. The highest BCUT2D eigenvalue weighted by Gasteiger charge is 2.13. The van der Waals surface area contributed by atoms with E-state index in [1.165, 1.54) is 0 Å². The SMILES string of the molecule is COc1cc(CNCc2ccc3c(c2)OCO3)ccc1OCc1ccccc1.[Cl-]. The second kappa shape index (κ2) is 10.0. The molecule has 0 atom stereocenters. The van der Waals surface area contributed by atoms with Gasteiger partial charge in [0.25, 0.3) is 0 Å². The maximum absolute atomic E-state index is 5.91. The molecule has 4 rings (SSSR count). The van der Waals surface area contributed by atoms with E-state index in [0.717, 1.165) is 52.8 Å². The van der Waals surface area contributed by atoms with Crippen LogP contribution >= 0.6 is 0 Å². The highest BCUT2D eigenvalue weighted by molar-refractivity contribution is 5.45. The molecule has 0 aromatic heterocycles. The van der Waals surface area contributed by atoms with Crippen molar-refractivity contribution in [3.63, 3.8) is 0 Å². The molecule has 0 fully saturated rings. The molecule has 6 heteroatoms. The van der Waals surface area contributed by atoms with E-state index in [1.54, 1.807) is 7.11 Å². The summed E-state index contributed by atoms with van der Waals surface area (Å²) < 4.78 is 22.2. The van der Waals surface area contributed by atoms with Crippen molar-refractivity contribution in [3.8, 4) is 23.0 Å². The Balaban J connectivity index is 0.00000240. The number of fused-ring (bicyclic) bond motifs is 1. The van der Waals surface area contributed by atoms with E-state index in [1.807, 2.05) is 60.7 Å². The van der Waals surface area contributed by atoms with Gasteiger partial charge in [-0.05, 0) is 41.0 Å². The summed E-state index contributed by atoms with van der Waals surface area (Å²) in [6.45, 7) is 2.28. The molecule has 0 unspecified atom stereocenters. The third kappa shape index (κ3) is 5.34. The molecular formula is C23H23ClNO4-. The minimum absolute atomic E-state index is 0. The Bertz CT molecular complexity index is 933. The van der Waals surface area contributed by atoms with Crippen molar-refractivity contribution in [2.75, 3.05) is 13.9 Å². The van der Waals surface area contributed by atoms with Crippen molar-refractivity contribution in [2.45, 2.75) is 19.7 Å². The van der Waals surface area contributed by atoms with Gasteiger partial charge in [-0.25, -0.2) is 0 Å². The second-order valence-corrected chi connectivity index (χ2v) is 6.55. The van der Waals surface area contributed by atoms with Crippen LogP contribution in [-0.2, 0) is 19.7 Å². The van der Waals surface area contributed by atoms with Crippen LogP contribution in [0.3, 0.4) is 0 Å². The van der Waals surface area contributed by atoms with Crippen LogP contribution in [0.15, 0.2) is 66.7 Å². The van der Waals surface area contributed by atoms with Crippen LogP contribution in [0.25, 0.3) is 0 Å². The van der Waals surface area contributed by atoms with E-state index in [0.29, 0.717) is 13.4 Å². The van der Waals surface area contributed by atoms with Gasteiger partial charge >= 0.3 is 0 Å². The third-order valence-corrected chi connectivity index (χ3v) is 4.56. The molecule has 1 aliphatic heterocycles. The van der Waals surface area contributed by atoms with Gasteiger partial charge in [0.2, 0.25) is 6.79 Å². The van der Waals surface area contributed by atoms with Crippen LogP contribution in [0.4, 0.5) is 0 Å². The van der Waals surface area contributed by atoms with E-state index in [9.17, 15) is 0 Å². The van der Waals surface area contributed by atoms with Crippen molar-refractivity contribution >= 4 is 0 Å². The maximum Gasteiger partial charge on any atom is 0.231 e. The molecule has 3 aromatic rings. The van der Waals surface area contributed by atoms with Gasteiger partial charge in [-0.1, -0.05) is 42.5 Å². The quantitative estimate of drug-likeness (QED) is 0.604. The molecule has 0 bridgehead atoms. The van der Waals surface area contributed by atoms with Gasteiger partial charge in [0.15, 0.2) is 23.0 Å². The number of hydrogen-bond acceptors (Lipinski definition) is 5. The van der Waals surface area contributed by atoms with Gasteiger partial charge in [-0.2, -0.15) is 0 Å². The zero-order chi connectivity index (χ0) is 19.2. The average Bonchev–Trinajstić information content (AvgIpc) is 3.21. The molecule has 0 spiro atoms. The number of methoxy groups -OCH3 is 1. The van der Waals surface area contributed by atoms with Crippen molar-refractivity contribution in [1.82, 2.24) is 5.32 Å². The summed E-state index contributed by atoms with van der Waals surface area (Å²) in [5.41, 5.74) is 3.41. The van der Waals surface area contributed by atoms with Crippen LogP contribution in [0.2, 0.25) is 0 Å². The Kier molecular flexibility index (Phi) is 7.22. The van der Waals surface area contributed by atoms with Crippen LogP contribution in [0.1, 0.15) is 16.7 Å². The summed E-state index contributed by atoms with van der Waals surface area (Å²) in [5, 5.41) is 3.45. The van der Waals surface area contributed by atoms with E-state index in [2.05, 4.69) is 11.4 Å². The summed E-state index contributed by atoms with van der Waals surface area (Å²) in [5.74, 6) is 3.09. The number of rotatable bonds is 8. The van der Waals surface area contributed by atoms with Crippen molar-refractivity contribution in [3.05, 3.63) is 83.4 Å². The first kappa shape index (κ1) is 20.8. The number of halogens is 1. The van der Waals surface area contributed by atoms with Crippen LogP contribution in [0.5, 0.6) is 23.0 Å². The normalized spacial score (nSPS) is 11.6. The molecule has 0 radical (unpaired) electrons. The molecule has 0 aliphatic carbocycles. The van der Waals surface area contributed by atoms with Crippen molar-refractivity contribution < 1.29 is 31.4 Å². The van der Waals surface area contributed by atoms with Gasteiger partial charge in [0.1, 0.15) is 6.61 Å². The Morgan fingerprint density at radius 1 is 0.793 bits per heavy atom. The van der Waals surface area contributed by atoms with Gasteiger partial charge in [-0.15, -0.1) is 0 Å². The number of benzene rings is 3. The standard InChI is InChI=1S/C23H23NO4.ClH/c1-25-22-11-18(7-9-20(22)26-15-17-5-3-2-4-6-17)13-24-14-19-8-10-21-23(12-19)28-16-27-21;/h2-12,24H,13-16H2,1H3;1H/p-1. The van der Waals surface area contributed by atoms with Crippen LogP contribution < -0.4 is 36.7 Å². The third-order valence-electron chi connectivity index (χ3n) is 4.56. The van der Waals surface area contributed by atoms with Crippen LogP contribution in [0, 0.1) is 0 Å². The number of nitrogens with one attached hydrogen (secondary N) is 1. The van der Waals surface area contributed by atoms with Crippen molar-refractivity contribution in [2.24, 2.45) is 0 Å². The van der Waals surface area contributed by atoms with Gasteiger partial charge in [0.05, 0.1) is 7.11 Å². The van der Waals surface area contributed by atoms with Gasteiger partial charge in [0, 0.05) is 13.1 Å². The molecular weight excluding hydrogens is 390 g/mol.